The summed E-state index contributed by atoms with van der Waals surface area (Å²) in [5.41, 5.74) is 1.53. The van der Waals surface area contributed by atoms with E-state index in [4.69, 9.17) is 5.11 Å². The number of aromatic hydroxyl groups is 1. The van der Waals surface area contributed by atoms with Crippen molar-refractivity contribution in [3.05, 3.63) is 95.6 Å². The van der Waals surface area contributed by atoms with E-state index >= 15 is 0 Å². The van der Waals surface area contributed by atoms with Gasteiger partial charge in [0.25, 0.3) is 0 Å². The van der Waals surface area contributed by atoms with Crippen molar-refractivity contribution in [2.75, 3.05) is 4.90 Å². The summed E-state index contributed by atoms with van der Waals surface area (Å²) in [5, 5.41) is 28.6. The Balaban J connectivity index is 0.000000623. The Morgan fingerprint density at radius 3 is 1.89 bits per heavy atom. The fourth-order valence-corrected chi connectivity index (χ4v) is 3.96. The Morgan fingerprint density at radius 2 is 1.37 bits per heavy atom. The van der Waals surface area contributed by atoms with Crippen molar-refractivity contribution in [2.24, 2.45) is 5.92 Å². The first-order valence-corrected chi connectivity index (χ1v) is 11.5. The highest BCUT2D eigenvalue weighted by atomic mass is 19.1. The Hall–Kier alpha value is -3.29. The molecule has 0 radical (unpaired) electrons. The molecule has 5 nitrogen and oxygen atoms in total. The Bertz CT molecular complexity index is 1100. The fraction of sp³-hybridized carbons (Fsp3) is 0.321. The van der Waals surface area contributed by atoms with Crippen LogP contribution in [0.4, 0.5) is 14.5 Å². The third-order valence-corrected chi connectivity index (χ3v) is 5.56. The van der Waals surface area contributed by atoms with Gasteiger partial charge in [-0.05, 0) is 93.3 Å². The van der Waals surface area contributed by atoms with Crippen molar-refractivity contribution in [3.63, 3.8) is 0 Å². The summed E-state index contributed by atoms with van der Waals surface area (Å²) in [4.78, 5) is 14.6. The van der Waals surface area contributed by atoms with Crippen LogP contribution < -0.4 is 4.90 Å². The molecule has 1 fully saturated rings. The monoisotopic (exact) mass is 483 g/mol. The Labute approximate surface area is 204 Å². The molecule has 3 aromatic carbocycles. The molecule has 1 amide bonds. The van der Waals surface area contributed by atoms with Gasteiger partial charge < -0.3 is 20.2 Å². The number of hydrogen-bond donors (Lipinski definition) is 3. The van der Waals surface area contributed by atoms with Crippen molar-refractivity contribution in [3.8, 4) is 5.75 Å². The van der Waals surface area contributed by atoms with E-state index in [0.29, 0.717) is 24.1 Å². The topological polar surface area (TPSA) is 81.0 Å². The molecule has 1 heterocycles. The standard InChI is InChI=1S/C24H21F2NO3.C4H10O/c25-17-5-1-15(2-6-17)22(29)14-13-21-23(16-3-11-20(28)12-4-16)27(24(21)30)19-9-7-18(26)8-10-19;1-4(2,3)5/h1-12,21-23,28-29H,13-14H2;5H,1-3H3/t21-,22+,23-;/m1./s1. The second-order valence-electron chi connectivity index (χ2n) is 9.64. The van der Waals surface area contributed by atoms with Gasteiger partial charge in [0.2, 0.25) is 5.91 Å². The van der Waals surface area contributed by atoms with Crippen molar-refractivity contribution < 1.29 is 28.9 Å². The number of halogens is 2. The first kappa shape index (κ1) is 26.3. The number of phenols is 1. The predicted molar refractivity (Wildman–Crippen MR) is 131 cm³/mol. The number of rotatable bonds is 6. The minimum absolute atomic E-state index is 0.106. The number of hydrogen-bond acceptors (Lipinski definition) is 4. The lowest BCUT2D eigenvalue weighted by Gasteiger charge is -2.48. The summed E-state index contributed by atoms with van der Waals surface area (Å²) in [6.45, 7) is 5.23. The molecule has 35 heavy (non-hydrogen) atoms. The lowest BCUT2D eigenvalue weighted by atomic mass is 9.78. The largest absolute Gasteiger partial charge is 0.508 e. The van der Waals surface area contributed by atoms with Crippen LogP contribution >= 0.6 is 0 Å². The fourth-order valence-electron chi connectivity index (χ4n) is 3.96. The molecule has 0 bridgehead atoms. The second kappa shape index (κ2) is 11.0. The average molecular weight is 484 g/mol. The average Bonchev–Trinajstić information content (AvgIpc) is 2.79. The summed E-state index contributed by atoms with van der Waals surface area (Å²) in [6.07, 6.45) is -0.0344. The van der Waals surface area contributed by atoms with Crippen LogP contribution in [0.5, 0.6) is 5.75 Å². The van der Waals surface area contributed by atoms with E-state index in [1.165, 1.54) is 36.4 Å². The molecule has 0 spiro atoms. The number of carbonyl (C=O) groups excluding carboxylic acids is 1. The number of anilines is 1. The molecule has 0 unspecified atom stereocenters. The molecule has 4 rings (SSSR count). The van der Waals surface area contributed by atoms with Gasteiger partial charge in [0.15, 0.2) is 0 Å². The number of amides is 1. The molecule has 0 aromatic heterocycles. The minimum atomic E-state index is -0.807. The molecular formula is C28H31F2NO4. The molecule has 1 aliphatic rings. The zero-order valence-corrected chi connectivity index (χ0v) is 20.0. The van der Waals surface area contributed by atoms with E-state index in [9.17, 15) is 23.8 Å². The van der Waals surface area contributed by atoms with Crippen LogP contribution in [0.25, 0.3) is 0 Å². The number of carbonyl (C=O) groups is 1. The normalized spacial score (nSPS) is 18.4. The first-order chi connectivity index (χ1) is 16.4. The highest BCUT2D eigenvalue weighted by Crippen LogP contribution is 2.46. The molecule has 0 saturated carbocycles. The zero-order chi connectivity index (χ0) is 25.8. The van der Waals surface area contributed by atoms with Gasteiger partial charge in [-0.1, -0.05) is 24.3 Å². The molecule has 7 heteroatoms. The maximum absolute atomic E-state index is 13.3. The van der Waals surface area contributed by atoms with Gasteiger partial charge in [-0.15, -0.1) is 0 Å². The molecule has 3 aromatic rings. The molecular weight excluding hydrogens is 452 g/mol. The number of benzene rings is 3. The number of β-lactam (4-membered cyclic amide) rings is 1. The van der Waals surface area contributed by atoms with Gasteiger partial charge in [0.1, 0.15) is 17.4 Å². The van der Waals surface area contributed by atoms with Gasteiger partial charge in [-0.2, -0.15) is 0 Å². The first-order valence-electron chi connectivity index (χ1n) is 11.5. The maximum atomic E-state index is 13.3. The highest BCUT2D eigenvalue weighted by molar-refractivity contribution is 6.03. The van der Waals surface area contributed by atoms with Crippen LogP contribution in [-0.4, -0.2) is 26.8 Å². The Morgan fingerprint density at radius 1 is 0.886 bits per heavy atom. The summed E-state index contributed by atoms with van der Waals surface area (Å²) in [6, 6.07) is 17.7. The van der Waals surface area contributed by atoms with Gasteiger partial charge in [0, 0.05) is 5.69 Å². The van der Waals surface area contributed by atoms with Crippen LogP contribution in [-0.2, 0) is 4.79 Å². The predicted octanol–water partition coefficient (Wildman–Crippen LogP) is 5.67. The van der Waals surface area contributed by atoms with Crippen LogP contribution in [0.3, 0.4) is 0 Å². The third kappa shape index (κ3) is 7.10. The summed E-state index contributed by atoms with van der Waals surface area (Å²) < 4.78 is 26.4. The lowest BCUT2D eigenvalue weighted by Crippen LogP contribution is -2.55. The number of aliphatic hydroxyl groups excluding tert-OH is 1. The highest BCUT2D eigenvalue weighted by Gasteiger charge is 2.48. The van der Waals surface area contributed by atoms with Crippen molar-refractivity contribution in [2.45, 2.75) is 51.4 Å². The van der Waals surface area contributed by atoms with Crippen LogP contribution in [0.15, 0.2) is 72.8 Å². The van der Waals surface area contributed by atoms with Crippen molar-refractivity contribution in [1.29, 1.82) is 0 Å². The number of phenolic OH excluding ortho intramolecular Hbond substituents is 1. The summed E-state index contributed by atoms with van der Waals surface area (Å²) in [7, 11) is 0. The number of aliphatic hydroxyl groups is 2. The van der Waals surface area contributed by atoms with E-state index in [1.54, 1.807) is 62.1 Å². The van der Waals surface area contributed by atoms with Gasteiger partial charge >= 0.3 is 0 Å². The molecule has 0 aliphatic carbocycles. The zero-order valence-electron chi connectivity index (χ0n) is 20.0. The van der Waals surface area contributed by atoms with E-state index < -0.39 is 11.7 Å². The van der Waals surface area contributed by atoms with Gasteiger partial charge in [-0.3, -0.25) is 4.79 Å². The van der Waals surface area contributed by atoms with Gasteiger partial charge in [0.05, 0.1) is 23.7 Å². The molecule has 1 saturated heterocycles. The SMILES string of the molecule is CC(C)(C)O.O=C1[C@H](CC[C@H](O)c2ccc(F)cc2)[C@@H](c2ccc(O)cc2)N1c1ccc(F)cc1. The quantitative estimate of drug-likeness (QED) is 0.395. The van der Waals surface area contributed by atoms with Crippen molar-refractivity contribution in [1.82, 2.24) is 0 Å². The van der Waals surface area contributed by atoms with E-state index in [2.05, 4.69) is 0 Å². The van der Waals surface area contributed by atoms with E-state index in [-0.39, 0.29) is 35.3 Å². The van der Waals surface area contributed by atoms with Gasteiger partial charge in [-0.25, -0.2) is 8.78 Å². The van der Waals surface area contributed by atoms with E-state index in [1.807, 2.05) is 0 Å². The molecule has 3 atom stereocenters. The van der Waals surface area contributed by atoms with Crippen LogP contribution in [0.1, 0.15) is 56.9 Å². The second-order valence-corrected chi connectivity index (χ2v) is 9.64. The minimum Gasteiger partial charge on any atom is -0.508 e. The third-order valence-electron chi connectivity index (χ3n) is 5.56. The lowest BCUT2D eigenvalue weighted by molar-refractivity contribution is -0.131. The van der Waals surface area contributed by atoms with Crippen molar-refractivity contribution >= 4 is 11.6 Å². The summed E-state index contributed by atoms with van der Waals surface area (Å²) in [5.74, 6) is -1.10. The molecule has 186 valence electrons. The number of nitrogens with zero attached hydrogens (tertiary/aromatic N) is 1. The van der Waals surface area contributed by atoms with Crippen LogP contribution in [0, 0.1) is 17.6 Å². The molecule has 3 N–H and O–H groups in total. The maximum Gasteiger partial charge on any atom is 0.233 e. The molecule has 1 aliphatic heterocycles. The van der Waals surface area contributed by atoms with Crippen LogP contribution in [0.2, 0.25) is 0 Å². The van der Waals surface area contributed by atoms with E-state index in [0.717, 1.165) is 5.56 Å². The summed E-state index contributed by atoms with van der Waals surface area (Å²) >= 11 is 0. The Kier molecular flexibility index (Phi) is 8.25. The smallest absolute Gasteiger partial charge is 0.233 e.